The maximum Gasteiger partial charge on any atom is 0.341 e. The minimum absolute atomic E-state index is 0.218. The van der Waals surface area contributed by atoms with Crippen molar-refractivity contribution >= 4 is 57.4 Å². The largest absolute Gasteiger partial charge is 0.462 e. The number of pyridine rings is 1. The Bertz CT molecular complexity index is 1090. The summed E-state index contributed by atoms with van der Waals surface area (Å²) < 4.78 is 10.2. The molecular formula is C21H18Cl2N2O4. The first kappa shape index (κ1) is 20.9. The van der Waals surface area contributed by atoms with Crippen LogP contribution in [0.4, 0.5) is 11.4 Å². The number of hydrogen-bond donors (Lipinski definition) is 1. The van der Waals surface area contributed by atoms with Crippen LogP contribution < -0.4 is 5.32 Å². The molecule has 0 unspecified atom stereocenters. The molecule has 0 fully saturated rings. The van der Waals surface area contributed by atoms with Crippen LogP contribution in [-0.4, -0.2) is 30.1 Å². The first-order valence-corrected chi connectivity index (χ1v) is 9.69. The van der Waals surface area contributed by atoms with Crippen molar-refractivity contribution in [2.75, 3.05) is 18.5 Å². The molecular weight excluding hydrogens is 415 g/mol. The Labute approximate surface area is 177 Å². The summed E-state index contributed by atoms with van der Waals surface area (Å²) in [7, 11) is 0. The van der Waals surface area contributed by atoms with Gasteiger partial charge in [0.15, 0.2) is 0 Å². The van der Waals surface area contributed by atoms with Gasteiger partial charge in [-0.1, -0.05) is 29.3 Å². The maximum atomic E-state index is 12.5. The molecule has 1 aromatic heterocycles. The topological polar surface area (TPSA) is 77.5 Å². The zero-order valence-corrected chi connectivity index (χ0v) is 17.3. The second-order valence-corrected chi connectivity index (χ2v) is 6.74. The van der Waals surface area contributed by atoms with Crippen molar-refractivity contribution in [3.63, 3.8) is 0 Å². The average Bonchev–Trinajstić information content (AvgIpc) is 2.71. The van der Waals surface area contributed by atoms with E-state index in [1.165, 1.54) is 6.20 Å². The molecule has 0 aliphatic heterocycles. The number of anilines is 2. The lowest BCUT2D eigenvalue weighted by Crippen LogP contribution is -2.10. The molecule has 150 valence electrons. The molecule has 2 aromatic carbocycles. The molecule has 0 radical (unpaired) electrons. The number of halogens is 2. The van der Waals surface area contributed by atoms with Crippen LogP contribution in [0.3, 0.4) is 0 Å². The number of hydrogen-bond acceptors (Lipinski definition) is 6. The van der Waals surface area contributed by atoms with E-state index in [9.17, 15) is 9.59 Å². The Morgan fingerprint density at radius 3 is 2.48 bits per heavy atom. The fraction of sp³-hybridized carbons (Fsp3) is 0.190. The van der Waals surface area contributed by atoms with E-state index in [4.69, 9.17) is 32.7 Å². The van der Waals surface area contributed by atoms with Crippen molar-refractivity contribution < 1.29 is 19.1 Å². The third-order valence-electron chi connectivity index (χ3n) is 4.07. The Morgan fingerprint density at radius 1 is 1.03 bits per heavy atom. The Hall–Kier alpha value is -2.83. The molecule has 29 heavy (non-hydrogen) atoms. The quantitative estimate of drug-likeness (QED) is 0.507. The van der Waals surface area contributed by atoms with Crippen LogP contribution in [-0.2, 0) is 9.47 Å². The molecule has 0 bridgehead atoms. The number of nitrogens with zero attached hydrogens (tertiary/aromatic N) is 1. The smallest absolute Gasteiger partial charge is 0.341 e. The Balaban J connectivity index is 2.13. The van der Waals surface area contributed by atoms with Crippen LogP contribution in [0.2, 0.25) is 10.0 Å². The summed E-state index contributed by atoms with van der Waals surface area (Å²) in [4.78, 5) is 28.8. The van der Waals surface area contributed by atoms with Crippen molar-refractivity contribution in [2.45, 2.75) is 13.8 Å². The number of esters is 2. The average molecular weight is 433 g/mol. The van der Waals surface area contributed by atoms with Crippen molar-refractivity contribution in [1.82, 2.24) is 4.98 Å². The van der Waals surface area contributed by atoms with Gasteiger partial charge >= 0.3 is 11.9 Å². The summed E-state index contributed by atoms with van der Waals surface area (Å²) in [6.45, 7) is 3.95. The normalized spacial score (nSPS) is 10.6. The van der Waals surface area contributed by atoms with Crippen LogP contribution in [0.1, 0.15) is 34.6 Å². The highest BCUT2D eigenvalue weighted by Crippen LogP contribution is 2.36. The van der Waals surface area contributed by atoms with Gasteiger partial charge < -0.3 is 14.8 Å². The van der Waals surface area contributed by atoms with E-state index < -0.39 is 11.9 Å². The second-order valence-electron chi connectivity index (χ2n) is 5.95. The highest BCUT2D eigenvalue weighted by Gasteiger charge is 2.19. The second kappa shape index (κ2) is 9.11. The summed E-state index contributed by atoms with van der Waals surface area (Å²) in [5.74, 6) is -0.965. The molecule has 3 rings (SSSR count). The monoisotopic (exact) mass is 432 g/mol. The lowest BCUT2D eigenvalue weighted by Gasteiger charge is -2.15. The van der Waals surface area contributed by atoms with Gasteiger partial charge in [0.05, 0.1) is 40.0 Å². The summed E-state index contributed by atoms with van der Waals surface area (Å²) in [6.07, 6.45) is 1.39. The van der Waals surface area contributed by atoms with Crippen LogP contribution in [0, 0.1) is 0 Å². The predicted octanol–water partition coefficient (Wildman–Crippen LogP) is 5.64. The lowest BCUT2D eigenvalue weighted by molar-refractivity contribution is 0.0517. The first-order chi connectivity index (χ1) is 14.0. The van der Waals surface area contributed by atoms with E-state index >= 15 is 0 Å². The molecule has 1 heterocycles. The molecule has 0 saturated heterocycles. The number of carbonyl (C=O) groups is 2. The molecule has 8 heteroatoms. The van der Waals surface area contributed by atoms with E-state index in [2.05, 4.69) is 10.3 Å². The van der Waals surface area contributed by atoms with Crippen LogP contribution in [0.5, 0.6) is 0 Å². The fourth-order valence-electron chi connectivity index (χ4n) is 2.79. The SMILES string of the molecule is CCOC(=O)c1cccc(Nc2c(C(=O)OCC)cnc3c(Cl)c(Cl)ccc23)c1. The van der Waals surface area contributed by atoms with Gasteiger partial charge in [-0.25, -0.2) is 9.59 Å². The van der Waals surface area contributed by atoms with E-state index in [1.807, 2.05) is 0 Å². The minimum Gasteiger partial charge on any atom is -0.462 e. The van der Waals surface area contributed by atoms with Gasteiger partial charge in [0, 0.05) is 17.3 Å². The zero-order valence-electron chi connectivity index (χ0n) is 15.8. The lowest BCUT2D eigenvalue weighted by atomic mass is 10.1. The zero-order chi connectivity index (χ0) is 21.0. The number of aromatic nitrogens is 1. The number of benzene rings is 2. The predicted molar refractivity (Wildman–Crippen MR) is 113 cm³/mol. The van der Waals surface area contributed by atoms with E-state index in [0.29, 0.717) is 32.9 Å². The molecule has 0 aliphatic rings. The van der Waals surface area contributed by atoms with Gasteiger partial charge in [-0.15, -0.1) is 0 Å². The summed E-state index contributed by atoms with van der Waals surface area (Å²) in [5.41, 5.74) is 2.09. The molecule has 0 atom stereocenters. The van der Waals surface area contributed by atoms with Crippen molar-refractivity contribution in [3.05, 3.63) is 63.8 Å². The van der Waals surface area contributed by atoms with Crippen molar-refractivity contribution in [3.8, 4) is 0 Å². The maximum absolute atomic E-state index is 12.5. The first-order valence-electron chi connectivity index (χ1n) is 8.94. The number of carbonyl (C=O) groups excluding carboxylic acids is 2. The number of rotatable bonds is 6. The van der Waals surface area contributed by atoms with Gasteiger partial charge in [0.1, 0.15) is 5.56 Å². The van der Waals surface area contributed by atoms with Gasteiger partial charge in [0.25, 0.3) is 0 Å². The third kappa shape index (κ3) is 4.44. The highest BCUT2D eigenvalue weighted by atomic mass is 35.5. The minimum atomic E-state index is -0.531. The number of ether oxygens (including phenoxy) is 2. The third-order valence-corrected chi connectivity index (χ3v) is 4.86. The molecule has 0 saturated carbocycles. The molecule has 0 amide bonds. The van der Waals surface area contributed by atoms with Crippen molar-refractivity contribution in [2.24, 2.45) is 0 Å². The van der Waals surface area contributed by atoms with Crippen LogP contribution in [0.15, 0.2) is 42.6 Å². The summed E-state index contributed by atoms with van der Waals surface area (Å²) >= 11 is 12.4. The van der Waals surface area contributed by atoms with Gasteiger partial charge in [-0.05, 0) is 44.2 Å². The van der Waals surface area contributed by atoms with E-state index in [0.717, 1.165) is 0 Å². The standard InChI is InChI=1S/C21H18Cl2N2O4/c1-3-28-20(26)12-6-5-7-13(10-12)25-18-14-8-9-16(22)17(23)19(14)24-11-15(18)21(27)29-4-2/h5-11H,3-4H2,1-2H3,(H,24,25). The van der Waals surface area contributed by atoms with E-state index in [-0.39, 0.29) is 23.8 Å². The number of nitrogens with one attached hydrogen (secondary N) is 1. The molecule has 0 aliphatic carbocycles. The number of fused-ring (bicyclic) bond motifs is 1. The fourth-order valence-corrected chi connectivity index (χ4v) is 3.15. The highest BCUT2D eigenvalue weighted by molar-refractivity contribution is 6.45. The van der Waals surface area contributed by atoms with Crippen molar-refractivity contribution in [1.29, 1.82) is 0 Å². The van der Waals surface area contributed by atoms with Crippen LogP contribution in [0.25, 0.3) is 10.9 Å². The molecule has 3 aromatic rings. The molecule has 1 N–H and O–H groups in total. The van der Waals surface area contributed by atoms with E-state index in [1.54, 1.807) is 50.2 Å². The summed E-state index contributed by atoms with van der Waals surface area (Å²) in [5, 5.41) is 4.41. The van der Waals surface area contributed by atoms with Gasteiger partial charge in [-0.2, -0.15) is 0 Å². The molecule has 0 spiro atoms. The molecule has 6 nitrogen and oxygen atoms in total. The van der Waals surface area contributed by atoms with Gasteiger partial charge in [-0.3, -0.25) is 4.98 Å². The Morgan fingerprint density at radius 2 is 1.76 bits per heavy atom. The van der Waals surface area contributed by atoms with Crippen LogP contribution >= 0.6 is 23.2 Å². The van der Waals surface area contributed by atoms with Gasteiger partial charge in [0.2, 0.25) is 0 Å². The summed E-state index contributed by atoms with van der Waals surface area (Å²) in [6, 6.07) is 10.1. The Kier molecular flexibility index (Phi) is 6.56.